The van der Waals surface area contributed by atoms with Crippen LogP contribution < -0.4 is 0 Å². The summed E-state index contributed by atoms with van der Waals surface area (Å²) in [6.45, 7) is 1.74. The summed E-state index contributed by atoms with van der Waals surface area (Å²) in [5.41, 5.74) is 0. The lowest BCUT2D eigenvalue weighted by atomic mass is 10.2. The minimum absolute atomic E-state index is 0.0629. The Kier molecular flexibility index (Phi) is 3.58. The van der Waals surface area contributed by atoms with E-state index in [-0.39, 0.29) is 28.3 Å². The fourth-order valence-electron chi connectivity index (χ4n) is 1.54. The maximum Gasteiger partial charge on any atom is 0.236 e. The standard InChI is InChI=1S/C8H14BrNO3S/c1-6(9)8(11)10(2)7-3-4-14(12,13)5-7/h6-7H,3-5H2,1-2H3. The number of rotatable bonds is 2. The van der Waals surface area contributed by atoms with E-state index < -0.39 is 9.84 Å². The SMILES string of the molecule is CC(Br)C(=O)N(C)C1CCS(=O)(=O)C1. The summed E-state index contributed by atoms with van der Waals surface area (Å²) >= 11 is 3.18. The fraction of sp³-hybridized carbons (Fsp3) is 0.875. The second-order valence-electron chi connectivity index (χ2n) is 3.62. The summed E-state index contributed by atoms with van der Waals surface area (Å²) in [4.78, 5) is 12.8. The third kappa shape index (κ3) is 2.70. The van der Waals surface area contributed by atoms with Gasteiger partial charge in [-0.15, -0.1) is 0 Å². The molecular weight excluding hydrogens is 270 g/mol. The number of amides is 1. The molecule has 0 N–H and O–H groups in total. The van der Waals surface area contributed by atoms with Crippen LogP contribution >= 0.6 is 15.9 Å². The largest absolute Gasteiger partial charge is 0.341 e. The van der Waals surface area contributed by atoms with Crippen LogP contribution in [-0.4, -0.2) is 48.6 Å². The van der Waals surface area contributed by atoms with Crippen molar-refractivity contribution in [2.75, 3.05) is 18.6 Å². The van der Waals surface area contributed by atoms with Gasteiger partial charge in [-0.1, -0.05) is 15.9 Å². The Morgan fingerprint density at radius 3 is 2.50 bits per heavy atom. The third-order valence-electron chi connectivity index (χ3n) is 2.44. The van der Waals surface area contributed by atoms with Crippen molar-refractivity contribution in [1.29, 1.82) is 0 Å². The molecule has 1 heterocycles. The van der Waals surface area contributed by atoms with Crippen molar-refractivity contribution in [2.45, 2.75) is 24.2 Å². The maximum absolute atomic E-state index is 11.5. The molecular formula is C8H14BrNO3S. The molecule has 0 aromatic heterocycles. The van der Waals surface area contributed by atoms with Gasteiger partial charge in [0.05, 0.1) is 16.3 Å². The molecule has 1 fully saturated rings. The van der Waals surface area contributed by atoms with Crippen molar-refractivity contribution in [2.24, 2.45) is 0 Å². The molecule has 0 radical (unpaired) electrons. The zero-order valence-electron chi connectivity index (χ0n) is 8.23. The Morgan fingerprint density at radius 1 is 1.57 bits per heavy atom. The van der Waals surface area contributed by atoms with Gasteiger partial charge in [-0.05, 0) is 13.3 Å². The first-order valence-corrected chi connectivity index (χ1v) is 7.18. The van der Waals surface area contributed by atoms with E-state index in [9.17, 15) is 13.2 Å². The van der Waals surface area contributed by atoms with E-state index in [1.807, 2.05) is 0 Å². The van der Waals surface area contributed by atoms with Crippen LogP contribution in [0.15, 0.2) is 0 Å². The van der Waals surface area contributed by atoms with Gasteiger partial charge in [0.15, 0.2) is 9.84 Å². The lowest BCUT2D eigenvalue weighted by Gasteiger charge is -2.24. The molecule has 0 aromatic rings. The predicted molar refractivity (Wildman–Crippen MR) is 58.2 cm³/mol. The molecule has 4 nitrogen and oxygen atoms in total. The summed E-state index contributed by atoms with van der Waals surface area (Å²) in [5, 5.41) is 0. The van der Waals surface area contributed by atoms with Gasteiger partial charge in [0.1, 0.15) is 0 Å². The molecule has 1 rings (SSSR count). The molecule has 0 saturated carbocycles. The summed E-state index contributed by atoms with van der Waals surface area (Å²) in [5.74, 6) is 0.244. The molecule has 2 unspecified atom stereocenters. The van der Waals surface area contributed by atoms with Gasteiger partial charge in [-0.3, -0.25) is 4.79 Å². The highest BCUT2D eigenvalue weighted by molar-refractivity contribution is 9.10. The molecule has 1 amide bonds. The topological polar surface area (TPSA) is 54.5 Å². The zero-order chi connectivity index (χ0) is 10.9. The minimum atomic E-state index is -2.91. The van der Waals surface area contributed by atoms with Crippen LogP contribution in [0.5, 0.6) is 0 Å². The number of nitrogens with zero attached hydrogens (tertiary/aromatic N) is 1. The predicted octanol–water partition coefficient (Wildman–Crippen LogP) is 0.415. The highest BCUT2D eigenvalue weighted by Gasteiger charge is 2.33. The van der Waals surface area contributed by atoms with E-state index in [4.69, 9.17) is 0 Å². The average molecular weight is 284 g/mol. The molecule has 1 aliphatic heterocycles. The molecule has 6 heteroatoms. The van der Waals surface area contributed by atoms with E-state index in [0.29, 0.717) is 6.42 Å². The molecule has 0 bridgehead atoms. The lowest BCUT2D eigenvalue weighted by molar-refractivity contribution is -0.130. The van der Waals surface area contributed by atoms with Crippen molar-refractivity contribution in [1.82, 2.24) is 4.90 Å². The van der Waals surface area contributed by atoms with E-state index >= 15 is 0 Å². The first-order valence-electron chi connectivity index (χ1n) is 4.44. The average Bonchev–Trinajstić information content (AvgIpc) is 2.43. The molecule has 1 saturated heterocycles. The third-order valence-corrected chi connectivity index (χ3v) is 4.59. The smallest absolute Gasteiger partial charge is 0.236 e. The van der Waals surface area contributed by atoms with Crippen LogP contribution in [0.4, 0.5) is 0 Å². The van der Waals surface area contributed by atoms with Gasteiger partial charge in [0.25, 0.3) is 0 Å². The quantitative estimate of drug-likeness (QED) is 0.690. The van der Waals surface area contributed by atoms with E-state index in [1.54, 1.807) is 14.0 Å². The fourth-order valence-corrected chi connectivity index (χ4v) is 3.64. The molecule has 2 atom stereocenters. The summed E-state index contributed by atoms with van der Waals surface area (Å²) in [6.07, 6.45) is 0.560. The van der Waals surface area contributed by atoms with Crippen molar-refractivity contribution < 1.29 is 13.2 Å². The van der Waals surface area contributed by atoms with Crippen LogP contribution in [0.25, 0.3) is 0 Å². The van der Waals surface area contributed by atoms with Crippen LogP contribution in [-0.2, 0) is 14.6 Å². The van der Waals surface area contributed by atoms with E-state index in [2.05, 4.69) is 15.9 Å². The number of carbonyl (C=O) groups excluding carboxylic acids is 1. The van der Waals surface area contributed by atoms with E-state index in [1.165, 1.54) is 4.90 Å². The second-order valence-corrected chi connectivity index (χ2v) is 7.22. The van der Waals surface area contributed by atoms with Crippen molar-refractivity contribution in [3.8, 4) is 0 Å². The van der Waals surface area contributed by atoms with Crippen LogP contribution in [0, 0.1) is 0 Å². The number of hydrogen-bond acceptors (Lipinski definition) is 3. The Labute approximate surface area is 92.7 Å². The Bertz CT molecular complexity index is 325. The first-order chi connectivity index (χ1) is 6.33. The molecule has 0 aliphatic carbocycles. The first kappa shape index (κ1) is 12.0. The highest BCUT2D eigenvalue weighted by Crippen LogP contribution is 2.18. The Hall–Kier alpha value is -0.100. The van der Waals surface area contributed by atoms with Gasteiger partial charge in [0.2, 0.25) is 5.91 Å². The Morgan fingerprint density at radius 2 is 2.14 bits per heavy atom. The number of halogens is 1. The van der Waals surface area contributed by atoms with Crippen LogP contribution in [0.2, 0.25) is 0 Å². The van der Waals surface area contributed by atoms with Gasteiger partial charge in [-0.2, -0.15) is 0 Å². The van der Waals surface area contributed by atoms with Crippen LogP contribution in [0.3, 0.4) is 0 Å². The molecule has 1 aliphatic rings. The van der Waals surface area contributed by atoms with Crippen molar-refractivity contribution in [3.63, 3.8) is 0 Å². The van der Waals surface area contributed by atoms with Crippen molar-refractivity contribution in [3.05, 3.63) is 0 Å². The second kappa shape index (κ2) is 4.18. The lowest BCUT2D eigenvalue weighted by Crippen LogP contribution is -2.41. The van der Waals surface area contributed by atoms with Crippen molar-refractivity contribution >= 4 is 31.7 Å². The monoisotopic (exact) mass is 283 g/mol. The maximum atomic E-state index is 11.5. The van der Waals surface area contributed by atoms with Gasteiger partial charge >= 0.3 is 0 Å². The van der Waals surface area contributed by atoms with Gasteiger partial charge in [-0.25, -0.2) is 8.42 Å². The van der Waals surface area contributed by atoms with E-state index in [0.717, 1.165) is 0 Å². The minimum Gasteiger partial charge on any atom is -0.341 e. The number of hydrogen-bond donors (Lipinski definition) is 0. The summed E-state index contributed by atoms with van der Waals surface area (Å²) in [6, 6.07) is -0.146. The van der Waals surface area contributed by atoms with Gasteiger partial charge in [0, 0.05) is 13.1 Å². The van der Waals surface area contributed by atoms with Gasteiger partial charge < -0.3 is 4.90 Å². The zero-order valence-corrected chi connectivity index (χ0v) is 10.6. The molecule has 82 valence electrons. The number of alkyl halides is 1. The normalized spacial score (nSPS) is 27.2. The molecule has 0 spiro atoms. The molecule has 0 aromatic carbocycles. The summed E-state index contributed by atoms with van der Waals surface area (Å²) < 4.78 is 22.4. The summed E-state index contributed by atoms with van der Waals surface area (Å²) in [7, 11) is -1.25. The van der Waals surface area contributed by atoms with Crippen LogP contribution in [0.1, 0.15) is 13.3 Å². The molecule has 14 heavy (non-hydrogen) atoms. The Balaban J connectivity index is 2.64. The number of sulfone groups is 1. The number of carbonyl (C=O) groups is 1. The highest BCUT2D eigenvalue weighted by atomic mass is 79.9.